The SMILES string of the molecule is NNC(=O)c1cccc(CSc2ccc(F)c(Cl)c2)c1. The van der Waals surface area contributed by atoms with Gasteiger partial charge in [-0.25, -0.2) is 10.2 Å². The Labute approximate surface area is 125 Å². The van der Waals surface area contributed by atoms with Crippen molar-refractivity contribution in [1.29, 1.82) is 0 Å². The molecule has 0 fully saturated rings. The Morgan fingerprint density at radius 2 is 2.10 bits per heavy atom. The number of carbonyl (C=O) groups excluding carboxylic acids is 1. The van der Waals surface area contributed by atoms with Gasteiger partial charge < -0.3 is 0 Å². The van der Waals surface area contributed by atoms with E-state index in [-0.39, 0.29) is 10.9 Å². The van der Waals surface area contributed by atoms with E-state index in [1.165, 1.54) is 17.8 Å². The molecular weight excluding hydrogens is 299 g/mol. The maximum absolute atomic E-state index is 13.0. The number of hydrogen-bond acceptors (Lipinski definition) is 3. The van der Waals surface area contributed by atoms with Gasteiger partial charge in [-0.05, 0) is 35.9 Å². The Morgan fingerprint density at radius 1 is 1.30 bits per heavy atom. The second kappa shape index (κ2) is 6.74. The number of hydrogen-bond donors (Lipinski definition) is 2. The van der Waals surface area contributed by atoms with Crippen molar-refractivity contribution in [3.63, 3.8) is 0 Å². The van der Waals surface area contributed by atoms with Gasteiger partial charge in [0.25, 0.3) is 5.91 Å². The second-order valence-electron chi connectivity index (χ2n) is 4.04. The summed E-state index contributed by atoms with van der Waals surface area (Å²) in [6.45, 7) is 0. The molecule has 3 nitrogen and oxygen atoms in total. The summed E-state index contributed by atoms with van der Waals surface area (Å²) in [4.78, 5) is 12.3. The first-order valence-corrected chi connectivity index (χ1v) is 7.14. The van der Waals surface area contributed by atoms with E-state index in [0.29, 0.717) is 11.3 Å². The van der Waals surface area contributed by atoms with Crippen LogP contribution in [0.15, 0.2) is 47.4 Å². The summed E-state index contributed by atoms with van der Waals surface area (Å²) in [6, 6.07) is 11.7. The van der Waals surface area contributed by atoms with Crippen molar-refractivity contribution in [3.8, 4) is 0 Å². The van der Waals surface area contributed by atoms with Crippen LogP contribution in [0.25, 0.3) is 0 Å². The summed E-state index contributed by atoms with van der Waals surface area (Å²) < 4.78 is 13.0. The molecule has 104 valence electrons. The highest BCUT2D eigenvalue weighted by Crippen LogP contribution is 2.27. The van der Waals surface area contributed by atoms with Gasteiger partial charge in [-0.15, -0.1) is 11.8 Å². The molecule has 0 spiro atoms. The molecule has 0 aromatic heterocycles. The van der Waals surface area contributed by atoms with Crippen LogP contribution in [0.1, 0.15) is 15.9 Å². The zero-order chi connectivity index (χ0) is 14.5. The number of nitrogens with two attached hydrogens (primary N) is 1. The highest BCUT2D eigenvalue weighted by atomic mass is 35.5. The van der Waals surface area contributed by atoms with E-state index in [9.17, 15) is 9.18 Å². The molecule has 0 radical (unpaired) electrons. The molecule has 1 amide bonds. The summed E-state index contributed by atoms with van der Waals surface area (Å²) >= 11 is 7.24. The number of rotatable bonds is 4. The first-order chi connectivity index (χ1) is 9.60. The molecular formula is C14H12ClFN2OS. The summed E-state index contributed by atoms with van der Waals surface area (Å²) in [5, 5.41) is 0.103. The smallest absolute Gasteiger partial charge is 0.265 e. The highest BCUT2D eigenvalue weighted by molar-refractivity contribution is 7.98. The van der Waals surface area contributed by atoms with E-state index in [1.807, 2.05) is 6.07 Å². The van der Waals surface area contributed by atoms with Gasteiger partial charge in [0.2, 0.25) is 0 Å². The summed E-state index contributed by atoms with van der Waals surface area (Å²) in [5.41, 5.74) is 3.56. The van der Waals surface area contributed by atoms with Crippen LogP contribution >= 0.6 is 23.4 Å². The van der Waals surface area contributed by atoms with Gasteiger partial charge >= 0.3 is 0 Å². The zero-order valence-electron chi connectivity index (χ0n) is 10.4. The van der Waals surface area contributed by atoms with Crippen LogP contribution in [0.5, 0.6) is 0 Å². The van der Waals surface area contributed by atoms with Crippen LogP contribution in [0, 0.1) is 5.82 Å². The predicted molar refractivity (Wildman–Crippen MR) is 79.1 cm³/mol. The number of thioether (sulfide) groups is 1. The van der Waals surface area contributed by atoms with E-state index >= 15 is 0 Å². The maximum Gasteiger partial charge on any atom is 0.265 e. The molecule has 0 aliphatic rings. The molecule has 0 aliphatic carbocycles. The van der Waals surface area contributed by atoms with Crippen molar-refractivity contribution in [1.82, 2.24) is 5.43 Å². The number of halogens is 2. The molecule has 2 aromatic carbocycles. The lowest BCUT2D eigenvalue weighted by atomic mass is 10.1. The molecule has 6 heteroatoms. The average molecular weight is 311 g/mol. The number of benzene rings is 2. The summed E-state index contributed by atoms with van der Waals surface area (Å²) in [7, 11) is 0. The molecule has 20 heavy (non-hydrogen) atoms. The normalized spacial score (nSPS) is 10.3. The molecule has 2 rings (SSSR count). The summed E-state index contributed by atoms with van der Waals surface area (Å²) in [5.74, 6) is 4.98. The maximum atomic E-state index is 13.0. The van der Waals surface area contributed by atoms with E-state index in [1.54, 1.807) is 30.3 Å². The predicted octanol–water partition coefficient (Wildman–Crippen LogP) is 3.37. The van der Waals surface area contributed by atoms with Crippen LogP contribution in [0.3, 0.4) is 0 Å². The first-order valence-electron chi connectivity index (χ1n) is 5.78. The topological polar surface area (TPSA) is 55.1 Å². The van der Waals surface area contributed by atoms with Crippen LogP contribution in [-0.4, -0.2) is 5.91 Å². The van der Waals surface area contributed by atoms with Gasteiger partial charge in [0.1, 0.15) is 5.82 Å². The number of hydrazine groups is 1. The molecule has 0 saturated heterocycles. The molecule has 2 aromatic rings. The van der Waals surface area contributed by atoms with Crippen LogP contribution < -0.4 is 11.3 Å². The Bertz CT molecular complexity index is 636. The van der Waals surface area contributed by atoms with Crippen LogP contribution in [0.4, 0.5) is 4.39 Å². The molecule has 0 atom stereocenters. The van der Waals surface area contributed by atoms with E-state index in [2.05, 4.69) is 5.43 Å². The summed E-state index contributed by atoms with van der Waals surface area (Å²) in [6.07, 6.45) is 0. The highest BCUT2D eigenvalue weighted by Gasteiger charge is 2.05. The van der Waals surface area contributed by atoms with Crippen molar-refractivity contribution >= 4 is 29.3 Å². The van der Waals surface area contributed by atoms with Crippen LogP contribution in [-0.2, 0) is 5.75 Å². The molecule has 0 bridgehead atoms. The van der Waals surface area contributed by atoms with Crippen molar-refractivity contribution in [3.05, 3.63) is 64.4 Å². The third-order valence-corrected chi connectivity index (χ3v) is 3.97. The monoisotopic (exact) mass is 310 g/mol. The minimum Gasteiger partial charge on any atom is -0.290 e. The molecule has 0 saturated carbocycles. The van der Waals surface area contributed by atoms with Crippen molar-refractivity contribution < 1.29 is 9.18 Å². The largest absolute Gasteiger partial charge is 0.290 e. The fourth-order valence-corrected chi connectivity index (χ4v) is 2.74. The number of carbonyl (C=O) groups is 1. The molecule has 3 N–H and O–H groups in total. The number of nitrogens with one attached hydrogen (secondary N) is 1. The lowest BCUT2D eigenvalue weighted by Gasteiger charge is -2.05. The van der Waals surface area contributed by atoms with E-state index in [0.717, 1.165) is 10.5 Å². The Morgan fingerprint density at radius 3 is 2.80 bits per heavy atom. The fraction of sp³-hybridized carbons (Fsp3) is 0.0714. The Kier molecular flexibility index (Phi) is 5.00. The van der Waals surface area contributed by atoms with Gasteiger partial charge in [0.05, 0.1) is 5.02 Å². The standard InChI is InChI=1S/C14H12ClFN2OS/c15-12-7-11(4-5-13(12)16)20-8-9-2-1-3-10(6-9)14(19)18-17/h1-7H,8,17H2,(H,18,19). The van der Waals surface area contributed by atoms with Crippen LogP contribution in [0.2, 0.25) is 5.02 Å². The van der Waals surface area contributed by atoms with E-state index in [4.69, 9.17) is 17.4 Å². The number of nitrogen functional groups attached to an aromatic ring is 1. The zero-order valence-corrected chi connectivity index (χ0v) is 12.0. The minimum atomic E-state index is -0.433. The quantitative estimate of drug-likeness (QED) is 0.394. The Hall–Kier alpha value is -1.56. The van der Waals surface area contributed by atoms with Crippen molar-refractivity contribution in [2.24, 2.45) is 5.84 Å². The van der Waals surface area contributed by atoms with Gasteiger partial charge in [0.15, 0.2) is 0 Å². The van der Waals surface area contributed by atoms with Gasteiger partial charge in [-0.1, -0.05) is 23.7 Å². The lowest BCUT2D eigenvalue weighted by Crippen LogP contribution is -2.29. The van der Waals surface area contributed by atoms with Gasteiger partial charge in [0, 0.05) is 16.2 Å². The van der Waals surface area contributed by atoms with Gasteiger partial charge in [-0.3, -0.25) is 10.2 Å². The Balaban J connectivity index is 2.07. The minimum absolute atomic E-state index is 0.103. The fourth-order valence-electron chi connectivity index (χ4n) is 1.62. The molecule has 0 aliphatic heterocycles. The van der Waals surface area contributed by atoms with Crippen molar-refractivity contribution in [2.75, 3.05) is 0 Å². The van der Waals surface area contributed by atoms with Gasteiger partial charge in [-0.2, -0.15) is 0 Å². The molecule has 0 heterocycles. The van der Waals surface area contributed by atoms with E-state index < -0.39 is 5.82 Å². The average Bonchev–Trinajstić information content (AvgIpc) is 2.48. The molecule has 0 unspecified atom stereocenters. The first kappa shape index (κ1) is 14.8. The second-order valence-corrected chi connectivity index (χ2v) is 5.49. The third kappa shape index (κ3) is 3.72. The lowest BCUT2D eigenvalue weighted by molar-refractivity contribution is 0.0953. The van der Waals surface area contributed by atoms with Crippen molar-refractivity contribution in [2.45, 2.75) is 10.6 Å². The third-order valence-electron chi connectivity index (χ3n) is 2.62. The number of amides is 1.